The summed E-state index contributed by atoms with van der Waals surface area (Å²) in [5.74, 6) is 1.22. The molecule has 58 heavy (non-hydrogen) atoms. The van der Waals surface area contributed by atoms with Gasteiger partial charge in [-0.25, -0.2) is 4.79 Å². The first-order valence-corrected chi connectivity index (χ1v) is 18.8. The van der Waals surface area contributed by atoms with Gasteiger partial charge in [0.15, 0.2) is 5.82 Å². The Balaban J connectivity index is 0. The van der Waals surface area contributed by atoms with Crippen molar-refractivity contribution in [3.8, 4) is 0 Å². The number of carbonyl (C=O) groups is 4. The minimum atomic E-state index is -0.435. The van der Waals surface area contributed by atoms with Crippen molar-refractivity contribution in [3.63, 3.8) is 0 Å². The highest BCUT2D eigenvalue weighted by Gasteiger charge is 2.21. The average Bonchev–Trinajstić information content (AvgIpc) is 3.87. The summed E-state index contributed by atoms with van der Waals surface area (Å²) in [5.41, 5.74) is 5.12. The summed E-state index contributed by atoms with van der Waals surface area (Å²) in [7, 11) is 0. The maximum Gasteiger partial charge on any atom is 0.324 e. The molecule has 0 saturated carbocycles. The molecule has 0 saturated heterocycles. The van der Waals surface area contributed by atoms with E-state index in [1.165, 1.54) is 5.56 Å². The van der Waals surface area contributed by atoms with Gasteiger partial charge in [-0.2, -0.15) is 0 Å². The van der Waals surface area contributed by atoms with Gasteiger partial charge in [-0.15, -0.1) is 0 Å². The summed E-state index contributed by atoms with van der Waals surface area (Å²) in [5, 5.41) is 21.6. The monoisotopic (exact) mass is 795 g/mol. The van der Waals surface area contributed by atoms with E-state index in [1.54, 1.807) is 78.9 Å². The first-order chi connectivity index (χ1) is 27.5. The highest BCUT2D eigenvalue weighted by molar-refractivity contribution is 6.05. The number of aryl methyl sites for hydroxylation is 1. The van der Waals surface area contributed by atoms with Crippen LogP contribution in [0.2, 0.25) is 0 Å². The Hall–Kier alpha value is -7.02. The molecule has 0 aliphatic rings. The average molecular weight is 796 g/mol. The zero-order valence-electron chi connectivity index (χ0n) is 33.7. The summed E-state index contributed by atoms with van der Waals surface area (Å²) in [6, 6.07) is 33.4. The Morgan fingerprint density at radius 1 is 0.552 bits per heavy atom. The van der Waals surface area contributed by atoms with Crippen molar-refractivity contribution in [2.24, 2.45) is 0 Å². The third kappa shape index (κ3) is 12.5. The predicted molar refractivity (Wildman–Crippen MR) is 239 cm³/mol. The molecule has 6 rings (SSSR count). The number of hydrogen-bond donors (Lipinski definition) is 5. The minimum Gasteiger partial charge on any atom is -0.361 e. The molecule has 2 aromatic heterocycles. The molecular formula is C45H61N7O6. The highest BCUT2D eigenvalue weighted by atomic mass is 16.5. The molecular weight excluding hydrogens is 735 g/mol. The first-order valence-electron chi connectivity index (χ1n) is 18.8. The Morgan fingerprint density at radius 3 is 1.50 bits per heavy atom. The van der Waals surface area contributed by atoms with E-state index >= 15 is 0 Å². The zero-order chi connectivity index (χ0) is 41.9. The molecule has 0 fully saturated rings. The third-order valence-electron chi connectivity index (χ3n) is 8.62. The van der Waals surface area contributed by atoms with Crippen molar-refractivity contribution >= 4 is 52.3 Å². The van der Waals surface area contributed by atoms with Gasteiger partial charge in [0, 0.05) is 65.4 Å². The van der Waals surface area contributed by atoms with Gasteiger partial charge < -0.3 is 30.3 Å². The van der Waals surface area contributed by atoms with Crippen molar-refractivity contribution in [2.75, 3.05) is 26.6 Å². The topological polar surface area (TPSA) is 180 Å². The molecule has 5 amide bonds. The maximum absolute atomic E-state index is 12.4. The Bertz CT molecular complexity index is 2330. The molecule has 0 bridgehead atoms. The second-order valence-electron chi connectivity index (χ2n) is 15.5. The van der Waals surface area contributed by atoms with Crippen LogP contribution in [0.5, 0.6) is 0 Å². The van der Waals surface area contributed by atoms with Crippen LogP contribution in [0, 0.1) is 0 Å². The van der Waals surface area contributed by atoms with E-state index in [1.807, 2.05) is 77.9 Å². The first kappa shape index (κ1) is 42.1. The second kappa shape index (κ2) is 18.7. The normalized spacial score (nSPS) is 11.1. The molecule has 0 spiro atoms. The summed E-state index contributed by atoms with van der Waals surface area (Å²) in [4.78, 5) is 48.9. The van der Waals surface area contributed by atoms with Crippen molar-refractivity contribution in [1.29, 1.82) is 0 Å². The summed E-state index contributed by atoms with van der Waals surface area (Å²) in [6.45, 7) is 14.1. The van der Waals surface area contributed by atoms with Crippen LogP contribution in [0.4, 0.5) is 33.4 Å². The lowest BCUT2D eigenvalue weighted by Crippen LogP contribution is -2.19. The van der Waals surface area contributed by atoms with E-state index in [-0.39, 0.29) is 43.5 Å². The molecule has 0 radical (unpaired) electrons. The molecule has 312 valence electrons. The van der Waals surface area contributed by atoms with E-state index in [0.29, 0.717) is 51.1 Å². The lowest BCUT2D eigenvalue weighted by molar-refractivity contribution is -0.115. The van der Waals surface area contributed by atoms with Crippen molar-refractivity contribution in [1.82, 2.24) is 10.3 Å². The number of hydrogen-bond acceptors (Lipinski definition) is 8. The molecule has 13 heteroatoms. The lowest BCUT2D eigenvalue weighted by Gasteiger charge is -2.12. The fraction of sp³-hybridized carbons (Fsp3) is 0.244. The largest absolute Gasteiger partial charge is 0.361 e. The molecule has 5 N–H and O–H groups in total. The lowest BCUT2D eigenvalue weighted by atomic mass is 9.93. The number of nitrogens with one attached hydrogen (secondary N) is 5. The van der Waals surface area contributed by atoms with E-state index in [4.69, 9.17) is 9.05 Å². The molecule has 0 aliphatic carbocycles. The van der Waals surface area contributed by atoms with E-state index in [0.717, 1.165) is 12.2 Å². The van der Waals surface area contributed by atoms with Crippen LogP contribution in [0.25, 0.3) is 0 Å². The van der Waals surface area contributed by atoms with E-state index in [9.17, 15) is 19.2 Å². The number of nitrogens with zero attached hydrogens (tertiary/aromatic N) is 2. The van der Waals surface area contributed by atoms with Crippen molar-refractivity contribution < 1.29 is 36.8 Å². The Morgan fingerprint density at radius 2 is 1.02 bits per heavy atom. The van der Waals surface area contributed by atoms with Gasteiger partial charge in [0.2, 0.25) is 5.91 Å². The SMILES string of the molecule is CC(C)(C)c1cc(NC(=O)Nc2ccc(NC(=O)c3ccccc3)cc2)no1.CCc1ccc(C(=O)Nc2ccc(NC(=O)Cc3cc(C(C)(C)C)on3)cc2)cc1.[HH].[HH].[HH].[HH].[HH].[HH]. The molecule has 2 heterocycles. The Kier molecular flexibility index (Phi) is 13.6. The molecule has 6 aromatic rings. The molecule has 0 aliphatic heterocycles. The van der Waals surface area contributed by atoms with Gasteiger partial charge in [0.05, 0.1) is 12.1 Å². The number of urea groups is 1. The molecule has 0 unspecified atom stereocenters. The van der Waals surface area contributed by atoms with Crippen LogP contribution in [0.1, 0.15) is 101 Å². The Labute approximate surface area is 346 Å². The maximum atomic E-state index is 12.4. The minimum absolute atomic E-state index is 0. The summed E-state index contributed by atoms with van der Waals surface area (Å²) in [6.07, 6.45) is 1.06. The molecule has 13 nitrogen and oxygen atoms in total. The number of rotatable bonds is 10. The molecule has 4 aromatic carbocycles. The van der Waals surface area contributed by atoms with Crippen LogP contribution >= 0.6 is 0 Å². The standard InChI is InChI=1S/C24H27N3O3.C21H22N4O3.6H2/c1-5-16-6-8-17(9-7-16)23(29)26-19-12-10-18(11-13-19)25-22(28)15-20-14-21(30-27-20)24(2,3)4;1-21(2,3)17-13-18(25-28-17)24-20(27)23-16-11-9-15(10-12-16)22-19(26)14-7-5-4-6-8-14;;;;;;/h6-14H,5,15H2,1-4H3,(H,25,28)(H,26,29);4-13H,1-3H3,(H,22,26)(H2,23,24,25,27);6*1H. The number of benzene rings is 4. The van der Waals surface area contributed by atoms with Crippen LogP contribution in [-0.2, 0) is 28.5 Å². The van der Waals surface area contributed by atoms with Gasteiger partial charge in [-0.05, 0) is 84.8 Å². The quantitative estimate of drug-likeness (QED) is 0.0908. The van der Waals surface area contributed by atoms with Crippen LogP contribution < -0.4 is 26.6 Å². The smallest absolute Gasteiger partial charge is 0.324 e. The fourth-order valence-corrected chi connectivity index (χ4v) is 5.25. The van der Waals surface area contributed by atoms with Gasteiger partial charge in [0.1, 0.15) is 11.5 Å². The van der Waals surface area contributed by atoms with Crippen LogP contribution in [0.15, 0.2) is 124 Å². The predicted octanol–water partition coefficient (Wildman–Crippen LogP) is 11.3. The van der Waals surface area contributed by atoms with Gasteiger partial charge >= 0.3 is 6.03 Å². The van der Waals surface area contributed by atoms with Gasteiger partial charge in [-0.3, -0.25) is 19.7 Å². The van der Waals surface area contributed by atoms with Crippen LogP contribution in [0.3, 0.4) is 0 Å². The van der Waals surface area contributed by atoms with E-state index in [2.05, 4.69) is 43.8 Å². The van der Waals surface area contributed by atoms with Crippen molar-refractivity contribution in [3.05, 3.63) is 149 Å². The highest BCUT2D eigenvalue weighted by Crippen LogP contribution is 2.25. The van der Waals surface area contributed by atoms with Crippen LogP contribution in [-0.4, -0.2) is 34.1 Å². The third-order valence-corrected chi connectivity index (χ3v) is 8.62. The summed E-state index contributed by atoms with van der Waals surface area (Å²) >= 11 is 0. The summed E-state index contributed by atoms with van der Waals surface area (Å²) < 4.78 is 10.5. The number of aromatic nitrogens is 2. The fourth-order valence-electron chi connectivity index (χ4n) is 5.25. The second-order valence-corrected chi connectivity index (χ2v) is 15.5. The number of amides is 5. The number of carbonyl (C=O) groups excluding carboxylic acids is 4. The zero-order valence-corrected chi connectivity index (χ0v) is 33.7. The number of anilines is 5. The van der Waals surface area contributed by atoms with E-state index < -0.39 is 6.03 Å². The van der Waals surface area contributed by atoms with Gasteiger partial charge in [0.25, 0.3) is 11.8 Å². The van der Waals surface area contributed by atoms with Gasteiger partial charge in [-0.1, -0.05) is 89.1 Å². The van der Waals surface area contributed by atoms with Crippen molar-refractivity contribution in [2.45, 2.75) is 72.1 Å². The molecule has 0 atom stereocenters.